The predicted octanol–water partition coefficient (Wildman–Crippen LogP) is 1.87. The Morgan fingerprint density at radius 2 is 2.15 bits per heavy atom. The van der Waals surface area contributed by atoms with Crippen molar-refractivity contribution in [2.75, 3.05) is 13.1 Å². The van der Waals surface area contributed by atoms with Crippen LogP contribution in [-0.2, 0) is 11.3 Å². The van der Waals surface area contributed by atoms with Gasteiger partial charge >= 0.3 is 0 Å². The van der Waals surface area contributed by atoms with Crippen molar-refractivity contribution in [2.45, 2.75) is 34.2 Å². The molecular formula is C14H22N4OS. The summed E-state index contributed by atoms with van der Waals surface area (Å²) < 4.78 is 2.19. The fourth-order valence-electron chi connectivity index (χ4n) is 2.06. The highest BCUT2D eigenvalue weighted by atomic mass is 32.1. The summed E-state index contributed by atoms with van der Waals surface area (Å²) in [6, 6.07) is 0. The summed E-state index contributed by atoms with van der Waals surface area (Å²) in [6.07, 6.45) is 0. The van der Waals surface area contributed by atoms with E-state index >= 15 is 0 Å². The lowest BCUT2D eigenvalue weighted by Crippen LogP contribution is -2.34. The van der Waals surface area contributed by atoms with Crippen molar-refractivity contribution in [3.63, 3.8) is 0 Å². The molecule has 0 aliphatic rings. The lowest BCUT2D eigenvalue weighted by molar-refractivity contribution is -0.123. The smallest absolute Gasteiger partial charge is 0.222 e. The van der Waals surface area contributed by atoms with Crippen LogP contribution in [0.3, 0.4) is 0 Å². The van der Waals surface area contributed by atoms with E-state index in [1.165, 1.54) is 11.4 Å². The molecule has 0 unspecified atom stereocenters. The zero-order valence-corrected chi connectivity index (χ0v) is 13.3. The van der Waals surface area contributed by atoms with Gasteiger partial charge in [0.15, 0.2) is 4.96 Å². The summed E-state index contributed by atoms with van der Waals surface area (Å²) in [5.74, 6) is 0.142. The van der Waals surface area contributed by atoms with Crippen molar-refractivity contribution in [2.24, 2.45) is 5.92 Å². The largest absolute Gasteiger partial charge is 0.355 e. The second-order valence-corrected chi connectivity index (χ2v) is 6.10. The molecule has 0 fully saturated rings. The molecule has 6 heteroatoms. The maximum Gasteiger partial charge on any atom is 0.222 e. The van der Waals surface area contributed by atoms with E-state index in [4.69, 9.17) is 0 Å². The third kappa shape index (κ3) is 3.19. The molecule has 0 aliphatic carbocycles. The Morgan fingerprint density at radius 3 is 2.85 bits per heavy atom. The Labute approximate surface area is 123 Å². The van der Waals surface area contributed by atoms with E-state index < -0.39 is 0 Å². The van der Waals surface area contributed by atoms with E-state index in [1.54, 1.807) is 11.3 Å². The molecule has 2 aromatic rings. The maximum atomic E-state index is 11.4. The molecule has 110 valence electrons. The van der Waals surface area contributed by atoms with Gasteiger partial charge in [0.1, 0.15) is 0 Å². The summed E-state index contributed by atoms with van der Waals surface area (Å²) in [5, 5.41) is 8.38. The van der Waals surface area contributed by atoms with Gasteiger partial charge in [-0.3, -0.25) is 9.20 Å². The molecule has 0 saturated carbocycles. The molecule has 2 heterocycles. The van der Waals surface area contributed by atoms with Crippen LogP contribution in [0.15, 0.2) is 5.38 Å². The third-order valence-electron chi connectivity index (χ3n) is 3.25. The van der Waals surface area contributed by atoms with Crippen molar-refractivity contribution in [1.29, 1.82) is 0 Å². The molecule has 0 atom stereocenters. The summed E-state index contributed by atoms with van der Waals surface area (Å²) in [6.45, 7) is 10.1. The fourth-order valence-corrected chi connectivity index (χ4v) is 2.99. The van der Waals surface area contributed by atoms with Crippen LogP contribution in [-0.4, -0.2) is 28.4 Å². The Kier molecular flexibility index (Phi) is 4.77. The van der Waals surface area contributed by atoms with E-state index in [2.05, 4.69) is 32.3 Å². The van der Waals surface area contributed by atoms with E-state index in [0.717, 1.165) is 23.7 Å². The number of aromatic nitrogens is 2. The molecule has 0 aromatic carbocycles. The van der Waals surface area contributed by atoms with Crippen LogP contribution in [0.2, 0.25) is 0 Å². The van der Waals surface area contributed by atoms with Crippen molar-refractivity contribution in [1.82, 2.24) is 20.0 Å². The number of hydrogen-bond acceptors (Lipinski definition) is 4. The highest BCUT2D eigenvalue weighted by Gasteiger charge is 2.11. The van der Waals surface area contributed by atoms with Gasteiger partial charge in [0.25, 0.3) is 0 Å². The average Bonchev–Trinajstić information content (AvgIpc) is 2.89. The van der Waals surface area contributed by atoms with Crippen LogP contribution in [0.25, 0.3) is 4.96 Å². The Morgan fingerprint density at radius 1 is 1.40 bits per heavy atom. The number of thiazole rings is 1. The first-order valence-electron chi connectivity index (χ1n) is 6.91. The molecule has 0 spiro atoms. The minimum Gasteiger partial charge on any atom is -0.355 e. The Bertz CT molecular complexity index is 600. The van der Waals surface area contributed by atoms with Crippen molar-refractivity contribution >= 4 is 22.2 Å². The van der Waals surface area contributed by atoms with Gasteiger partial charge in [-0.25, -0.2) is 4.98 Å². The van der Waals surface area contributed by atoms with Crippen molar-refractivity contribution in [3.8, 4) is 0 Å². The van der Waals surface area contributed by atoms with Crippen molar-refractivity contribution < 1.29 is 4.79 Å². The molecule has 0 aliphatic heterocycles. The van der Waals surface area contributed by atoms with Gasteiger partial charge in [-0.1, -0.05) is 13.8 Å². The first kappa shape index (κ1) is 15.0. The number of amides is 1. The molecule has 2 N–H and O–H groups in total. The normalized spacial score (nSPS) is 11.4. The molecule has 0 bridgehead atoms. The second kappa shape index (κ2) is 6.37. The van der Waals surface area contributed by atoms with Gasteiger partial charge in [0.05, 0.1) is 11.4 Å². The number of fused-ring (bicyclic) bond motifs is 1. The number of nitrogens with zero attached hydrogens (tertiary/aromatic N) is 2. The van der Waals surface area contributed by atoms with Gasteiger partial charge in [-0.2, -0.15) is 0 Å². The second-order valence-electron chi connectivity index (χ2n) is 5.26. The number of rotatable bonds is 6. The van der Waals surface area contributed by atoms with Crippen LogP contribution in [0, 0.1) is 19.8 Å². The van der Waals surface area contributed by atoms with Crippen LogP contribution >= 0.6 is 11.3 Å². The zero-order valence-electron chi connectivity index (χ0n) is 12.5. The van der Waals surface area contributed by atoms with Crippen LogP contribution in [0.4, 0.5) is 0 Å². The van der Waals surface area contributed by atoms with Crippen LogP contribution < -0.4 is 10.6 Å². The molecule has 5 nitrogen and oxygen atoms in total. The summed E-state index contributed by atoms with van der Waals surface area (Å²) in [7, 11) is 0. The number of carbonyl (C=O) groups excluding carboxylic acids is 1. The van der Waals surface area contributed by atoms with Crippen LogP contribution in [0.1, 0.15) is 30.9 Å². The number of nitrogens with one attached hydrogen (secondary N) is 2. The van der Waals surface area contributed by atoms with E-state index in [1.807, 2.05) is 20.8 Å². The fraction of sp³-hybridized carbons (Fsp3) is 0.571. The number of hydrogen-bond donors (Lipinski definition) is 2. The SMILES string of the molecule is Cc1nc2scc(C)n2c1CNCCNC(=O)C(C)C. The minimum atomic E-state index is 0.0418. The monoisotopic (exact) mass is 294 g/mol. The first-order valence-corrected chi connectivity index (χ1v) is 7.79. The van der Waals surface area contributed by atoms with Gasteiger partial charge in [-0.05, 0) is 13.8 Å². The third-order valence-corrected chi connectivity index (χ3v) is 4.19. The summed E-state index contributed by atoms with van der Waals surface area (Å²) >= 11 is 1.67. The first-order chi connectivity index (χ1) is 9.50. The van der Waals surface area contributed by atoms with Gasteiger partial charge in [0.2, 0.25) is 5.91 Å². The topological polar surface area (TPSA) is 58.4 Å². The molecule has 1 amide bonds. The molecule has 0 saturated heterocycles. The molecule has 2 aromatic heterocycles. The number of imidazole rings is 1. The summed E-state index contributed by atoms with van der Waals surface area (Å²) in [5.41, 5.74) is 3.49. The van der Waals surface area contributed by atoms with Crippen molar-refractivity contribution in [3.05, 3.63) is 22.5 Å². The lowest BCUT2D eigenvalue weighted by Gasteiger charge is -2.09. The standard InChI is InChI=1S/C14H22N4OS/c1-9(2)13(19)16-6-5-15-7-12-11(4)17-14-18(12)10(3)8-20-14/h8-9,15H,5-7H2,1-4H3,(H,16,19). The molecule has 0 radical (unpaired) electrons. The maximum absolute atomic E-state index is 11.4. The van der Waals surface area contributed by atoms with Gasteiger partial charge in [0, 0.05) is 36.6 Å². The van der Waals surface area contributed by atoms with Crippen LogP contribution in [0.5, 0.6) is 0 Å². The minimum absolute atomic E-state index is 0.0418. The number of carbonyl (C=O) groups is 1. The van der Waals surface area contributed by atoms with Gasteiger partial charge in [-0.15, -0.1) is 11.3 Å². The predicted molar refractivity (Wildman–Crippen MR) is 82.1 cm³/mol. The van der Waals surface area contributed by atoms with E-state index in [-0.39, 0.29) is 11.8 Å². The van der Waals surface area contributed by atoms with E-state index in [9.17, 15) is 4.79 Å². The Balaban J connectivity index is 1.86. The quantitative estimate of drug-likeness (QED) is 0.800. The highest BCUT2D eigenvalue weighted by Crippen LogP contribution is 2.20. The highest BCUT2D eigenvalue weighted by molar-refractivity contribution is 7.15. The molecule has 20 heavy (non-hydrogen) atoms. The summed E-state index contributed by atoms with van der Waals surface area (Å²) in [4.78, 5) is 17.0. The average molecular weight is 294 g/mol. The van der Waals surface area contributed by atoms with E-state index in [0.29, 0.717) is 6.54 Å². The number of aryl methyl sites for hydroxylation is 2. The molecular weight excluding hydrogens is 272 g/mol. The van der Waals surface area contributed by atoms with Gasteiger partial charge < -0.3 is 10.6 Å². The lowest BCUT2D eigenvalue weighted by atomic mass is 10.2. The Hall–Kier alpha value is -1.40. The molecule has 2 rings (SSSR count). The zero-order chi connectivity index (χ0) is 14.7.